The summed E-state index contributed by atoms with van der Waals surface area (Å²) in [6.45, 7) is 2.13. The zero-order valence-electron chi connectivity index (χ0n) is 13.5. The van der Waals surface area contributed by atoms with Crippen LogP contribution in [0.25, 0.3) is 0 Å². The minimum absolute atomic E-state index is 0.0570. The normalized spacial score (nSPS) is 14.2. The van der Waals surface area contributed by atoms with E-state index in [1.165, 1.54) is 0 Å². The van der Waals surface area contributed by atoms with E-state index in [0.717, 1.165) is 0 Å². The number of aliphatic carboxylic acids is 1. The lowest BCUT2D eigenvalue weighted by Gasteiger charge is -2.34. The first-order valence-corrected chi connectivity index (χ1v) is 7.89. The largest absolute Gasteiger partial charge is 0.482 e. The fraction of sp³-hybridized carbons (Fsp3) is 0.294. The molecule has 1 saturated heterocycles. The molecule has 1 aliphatic rings. The van der Waals surface area contributed by atoms with E-state index < -0.39 is 12.6 Å². The van der Waals surface area contributed by atoms with Crippen LogP contribution in [-0.2, 0) is 4.79 Å². The van der Waals surface area contributed by atoms with Gasteiger partial charge in [0.15, 0.2) is 6.61 Å². The van der Waals surface area contributed by atoms with Gasteiger partial charge in [-0.2, -0.15) is 0 Å². The summed E-state index contributed by atoms with van der Waals surface area (Å²) in [6.07, 6.45) is 3.40. The molecule has 1 aliphatic heterocycles. The molecule has 8 nitrogen and oxygen atoms in total. The molecular formula is C17H18N4O4. The molecule has 1 aromatic carbocycles. The number of benzene rings is 1. The maximum absolute atomic E-state index is 12.6. The number of rotatable bonds is 5. The minimum atomic E-state index is -1.04. The van der Waals surface area contributed by atoms with Crippen LogP contribution in [0.2, 0.25) is 0 Å². The summed E-state index contributed by atoms with van der Waals surface area (Å²) in [4.78, 5) is 35.3. The Morgan fingerprint density at radius 3 is 2.28 bits per heavy atom. The van der Waals surface area contributed by atoms with Gasteiger partial charge in [0.25, 0.3) is 5.91 Å². The number of amides is 1. The third-order valence-electron chi connectivity index (χ3n) is 3.87. The van der Waals surface area contributed by atoms with Crippen LogP contribution in [0.4, 0.5) is 5.95 Å². The molecule has 25 heavy (non-hydrogen) atoms. The highest BCUT2D eigenvalue weighted by molar-refractivity contribution is 5.94. The Balaban J connectivity index is 1.56. The number of hydrogen-bond acceptors (Lipinski definition) is 6. The molecule has 8 heteroatoms. The Bertz CT molecular complexity index is 728. The smallest absolute Gasteiger partial charge is 0.341 e. The summed E-state index contributed by atoms with van der Waals surface area (Å²) in [5.74, 6) is -0.00152. The van der Waals surface area contributed by atoms with Gasteiger partial charge in [0.1, 0.15) is 5.75 Å². The summed E-state index contributed by atoms with van der Waals surface area (Å²) in [5.41, 5.74) is 0.548. The molecule has 0 spiro atoms. The number of aromatic nitrogens is 2. The number of carboxylic acids is 1. The second kappa shape index (κ2) is 7.61. The van der Waals surface area contributed by atoms with Crippen molar-refractivity contribution in [3.05, 3.63) is 48.3 Å². The van der Waals surface area contributed by atoms with Crippen LogP contribution < -0.4 is 9.64 Å². The van der Waals surface area contributed by atoms with E-state index in [1.54, 1.807) is 47.6 Å². The Morgan fingerprint density at radius 1 is 1.04 bits per heavy atom. The van der Waals surface area contributed by atoms with Crippen LogP contribution in [-0.4, -0.2) is 64.6 Å². The summed E-state index contributed by atoms with van der Waals surface area (Å²) in [6, 6.07) is 8.26. The maximum Gasteiger partial charge on any atom is 0.341 e. The molecule has 130 valence electrons. The van der Waals surface area contributed by atoms with Crippen LogP contribution in [0.1, 0.15) is 10.4 Å². The van der Waals surface area contributed by atoms with Crippen molar-refractivity contribution in [2.24, 2.45) is 0 Å². The SMILES string of the molecule is O=C(O)COc1ccc(C(=O)N2CCN(c3ncccn3)CC2)cc1. The van der Waals surface area contributed by atoms with E-state index in [9.17, 15) is 9.59 Å². The molecule has 2 aromatic rings. The number of carbonyl (C=O) groups excluding carboxylic acids is 1. The zero-order chi connectivity index (χ0) is 17.6. The van der Waals surface area contributed by atoms with Gasteiger partial charge in [0, 0.05) is 44.1 Å². The molecular weight excluding hydrogens is 324 g/mol. The van der Waals surface area contributed by atoms with Gasteiger partial charge in [0.05, 0.1) is 0 Å². The second-order valence-electron chi connectivity index (χ2n) is 5.53. The highest BCUT2D eigenvalue weighted by Crippen LogP contribution is 2.16. The van der Waals surface area contributed by atoms with E-state index in [0.29, 0.717) is 43.4 Å². The number of ether oxygens (including phenoxy) is 1. The fourth-order valence-corrected chi connectivity index (χ4v) is 2.59. The van der Waals surface area contributed by atoms with Gasteiger partial charge in [-0.3, -0.25) is 4.79 Å². The molecule has 3 rings (SSSR count). The Labute approximate surface area is 144 Å². The fourth-order valence-electron chi connectivity index (χ4n) is 2.59. The summed E-state index contributed by atoms with van der Waals surface area (Å²) < 4.78 is 5.07. The van der Waals surface area contributed by atoms with Gasteiger partial charge < -0.3 is 19.6 Å². The second-order valence-corrected chi connectivity index (χ2v) is 5.53. The number of hydrogen-bond donors (Lipinski definition) is 1. The third kappa shape index (κ3) is 4.23. The van der Waals surface area contributed by atoms with Crippen molar-refractivity contribution in [1.29, 1.82) is 0 Å². The van der Waals surface area contributed by atoms with Crippen molar-refractivity contribution in [2.75, 3.05) is 37.7 Å². The first kappa shape index (κ1) is 16.7. The standard InChI is InChI=1S/C17H18N4O4/c22-15(23)12-25-14-4-2-13(3-5-14)16(24)20-8-10-21(11-9-20)17-18-6-1-7-19-17/h1-7H,8-12H2,(H,22,23). The van der Waals surface area contributed by atoms with Gasteiger partial charge in [-0.1, -0.05) is 0 Å². The maximum atomic E-state index is 12.6. The molecule has 1 N–H and O–H groups in total. The lowest BCUT2D eigenvalue weighted by atomic mass is 10.1. The van der Waals surface area contributed by atoms with Crippen LogP contribution in [0.15, 0.2) is 42.7 Å². The molecule has 0 bridgehead atoms. The first-order valence-electron chi connectivity index (χ1n) is 7.89. The first-order chi connectivity index (χ1) is 12.1. The van der Waals surface area contributed by atoms with Crippen molar-refractivity contribution in [3.8, 4) is 5.75 Å². The number of anilines is 1. The predicted molar refractivity (Wildman–Crippen MR) is 89.7 cm³/mol. The lowest BCUT2D eigenvalue weighted by Crippen LogP contribution is -2.49. The molecule has 0 atom stereocenters. The van der Waals surface area contributed by atoms with Crippen LogP contribution >= 0.6 is 0 Å². The highest BCUT2D eigenvalue weighted by atomic mass is 16.5. The number of piperazine rings is 1. The summed E-state index contributed by atoms with van der Waals surface area (Å²) in [5, 5.41) is 8.59. The van der Waals surface area contributed by atoms with Crippen LogP contribution in [0, 0.1) is 0 Å². The highest BCUT2D eigenvalue weighted by Gasteiger charge is 2.23. The average Bonchev–Trinajstić information content (AvgIpc) is 2.67. The summed E-state index contributed by atoms with van der Waals surface area (Å²) >= 11 is 0. The number of nitrogens with zero attached hydrogens (tertiary/aromatic N) is 4. The lowest BCUT2D eigenvalue weighted by molar-refractivity contribution is -0.139. The molecule has 0 aliphatic carbocycles. The van der Waals surface area contributed by atoms with E-state index in [4.69, 9.17) is 9.84 Å². The minimum Gasteiger partial charge on any atom is -0.482 e. The van der Waals surface area contributed by atoms with Crippen molar-refractivity contribution in [3.63, 3.8) is 0 Å². The van der Waals surface area contributed by atoms with Crippen LogP contribution in [0.3, 0.4) is 0 Å². The van der Waals surface area contributed by atoms with Gasteiger partial charge >= 0.3 is 5.97 Å². The van der Waals surface area contributed by atoms with Gasteiger partial charge in [-0.05, 0) is 30.3 Å². The molecule has 1 amide bonds. The quantitative estimate of drug-likeness (QED) is 0.862. The predicted octanol–water partition coefficient (Wildman–Crippen LogP) is 0.902. The molecule has 1 fully saturated rings. The topological polar surface area (TPSA) is 95.9 Å². The molecule has 0 saturated carbocycles. The third-order valence-corrected chi connectivity index (χ3v) is 3.87. The summed E-state index contributed by atoms with van der Waals surface area (Å²) in [7, 11) is 0. The Morgan fingerprint density at radius 2 is 1.68 bits per heavy atom. The van der Waals surface area contributed by atoms with E-state index in [-0.39, 0.29) is 5.91 Å². The van der Waals surface area contributed by atoms with Crippen molar-refractivity contribution >= 4 is 17.8 Å². The zero-order valence-corrected chi connectivity index (χ0v) is 13.5. The van der Waals surface area contributed by atoms with Crippen molar-refractivity contribution in [2.45, 2.75) is 0 Å². The van der Waals surface area contributed by atoms with Crippen molar-refractivity contribution in [1.82, 2.24) is 14.9 Å². The molecule has 0 radical (unpaired) electrons. The van der Waals surface area contributed by atoms with E-state index >= 15 is 0 Å². The molecule has 0 unspecified atom stereocenters. The van der Waals surface area contributed by atoms with Crippen LogP contribution in [0.5, 0.6) is 5.75 Å². The van der Waals surface area contributed by atoms with Gasteiger partial charge in [-0.25, -0.2) is 14.8 Å². The van der Waals surface area contributed by atoms with E-state index in [2.05, 4.69) is 9.97 Å². The van der Waals surface area contributed by atoms with Gasteiger partial charge in [0.2, 0.25) is 5.95 Å². The average molecular weight is 342 g/mol. The molecule has 1 aromatic heterocycles. The van der Waals surface area contributed by atoms with E-state index in [1.807, 2.05) is 4.90 Å². The van der Waals surface area contributed by atoms with Crippen molar-refractivity contribution < 1.29 is 19.4 Å². The van der Waals surface area contributed by atoms with Gasteiger partial charge in [-0.15, -0.1) is 0 Å². The number of carbonyl (C=O) groups is 2. The number of carboxylic acid groups (broad SMARTS) is 1. The Kier molecular flexibility index (Phi) is 5.08. The monoisotopic (exact) mass is 342 g/mol. The molecule has 2 heterocycles. The Hall–Kier alpha value is -3.16.